The molecule has 0 radical (unpaired) electrons. The molecule has 1 N–H and O–H groups in total. The number of pyridine rings is 1. The number of aromatic nitrogens is 1. The molecule has 47 heavy (non-hydrogen) atoms. The Kier molecular flexibility index (Phi) is 8.31. The van der Waals surface area contributed by atoms with Gasteiger partial charge in [0.2, 0.25) is 5.78 Å². The zero-order valence-corrected chi connectivity index (χ0v) is 26.4. The summed E-state index contributed by atoms with van der Waals surface area (Å²) in [7, 11) is 0. The molecule has 0 saturated heterocycles. The molecular weight excluding hydrogens is 608 g/mol. The smallest absolute Gasteiger partial charge is 0.211 e. The number of Topliss-reactive ketones (excluding diaryl/α,β-unsaturated/α-hetero) is 2. The number of aliphatic hydroxyl groups is 1. The van der Waals surface area contributed by atoms with Crippen molar-refractivity contribution in [3.8, 4) is 0 Å². The monoisotopic (exact) mass is 640 g/mol. The van der Waals surface area contributed by atoms with Gasteiger partial charge in [0.1, 0.15) is 11.8 Å². The van der Waals surface area contributed by atoms with E-state index in [-0.39, 0.29) is 34.0 Å². The SMILES string of the molecule is O=C(c1ccc(C(=O)C2(c3ccccc3)CC2)c(C(O)C(=O)c2ccccc2)c1)c1ccc(N(CC2CC2)c2ccc(Cl)cc2)cn1. The lowest BCUT2D eigenvalue weighted by Crippen LogP contribution is -2.25. The van der Waals surface area contributed by atoms with E-state index >= 15 is 0 Å². The number of hydrogen-bond acceptors (Lipinski definition) is 6. The number of carbonyl (C=O) groups is 3. The highest BCUT2D eigenvalue weighted by Gasteiger charge is 2.52. The fraction of sp³-hybridized carbons (Fsp3) is 0.200. The predicted octanol–water partition coefficient (Wildman–Crippen LogP) is 8.34. The minimum Gasteiger partial charge on any atom is -0.380 e. The highest BCUT2D eigenvalue weighted by molar-refractivity contribution is 6.30. The second kappa shape index (κ2) is 12.7. The van der Waals surface area contributed by atoms with Crippen molar-refractivity contribution in [3.05, 3.63) is 160 Å². The van der Waals surface area contributed by atoms with Gasteiger partial charge in [0.05, 0.1) is 17.3 Å². The van der Waals surface area contributed by atoms with E-state index in [9.17, 15) is 19.5 Å². The largest absolute Gasteiger partial charge is 0.380 e. The number of ketones is 3. The van der Waals surface area contributed by atoms with Crippen LogP contribution in [0.4, 0.5) is 11.4 Å². The molecule has 0 aliphatic heterocycles. The van der Waals surface area contributed by atoms with Crippen LogP contribution in [-0.4, -0.2) is 34.0 Å². The summed E-state index contributed by atoms with van der Waals surface area (Å²) < 4.78 is 0. The summed E-state index contributed by atoms with van der Waals surface area (Å²) in [6.45, 7) is 0.841. The average Bonchev–Trinajstić information content (AvgIpc) is 4.07. The van der Waals surface area contributed by atoms with Gasteiger partial charge in [0.25, 0.3) is 0 Å². The molecule has 234 valence electrons. The summed E-state index contributed by atoms with van der Waals surface area (Å²) in [5, 5.41) is 12.1. The van der Waals surface area contributed by atoms with E-state index in [1.807, 2.05) is 60.7 Å². The first-order chi connectivity index (χ1) is 22.8. The van der Waals surface area contributed by atoms with Gasteiger partial charge >= 0.3 is 0 Å². The summed E-state index contributed by atoms with van der Waals surface area (Å²) in [6, 6.07) is 33.9. The first kappa shape index (κ1) is 30.7. The van der Waals surface area contributed by atoms with Crippen molar-refractivity contribution in [2.24, 2.45) is 5.92 Å². The molecule has 2 aliphatic rings. The lowest BCUT2D eigenvalue weighted by molar-refractivity contribution is 0.0742. The van der Waals surface area contributed by atoms with Crippen molar-refractivity contribution in [2.45, 2.75) is 37.2 Å². The first-order valence-electron chi connectivity index (χ1n) is 15.9. The first-order valence-corrected chi connectivity index (χ1v) is 16.3. The molecule has 0 amide bonds. The molecule has 2 aliphatic carbocycles. The van der Waals surface area contributed by atoms with Gasteiger partial charge in [0.15, 0.2) is 11.6 Å². The fourth-order valence-corrected chi connectivity index (χ4v) is 6.32. The van der Waals surface area contributed by atoms with Crippen LogP contribution in [0, 0.1) is 5.92 Å². The number of halogens is 1. The molecule has 1 aromatic heterocycles. The van der Waals surface area contributed by atoms with Crippen LogP contribution < -0.4 is 4.90 Å². The number of rotatable bonds is 12. The zero-order valence-electron chi connectivity index (χ0n) is 25.7. The molecule has 1 atom stereocenters. The number of benzene rings is 4. The molecule has 2 fully saturated rings. The summed E-state index contributed by atoms with van der Waals surface area (Å²) in [5.74, 6) is -0.485. The maximum atomic E-state index is 14.2. The topological polar surface area (TPSA) is 87.6 Å². The predicted molar refractivity (Wildman–Crippen MR) is 183 cm³/mol. The lowest BCUT2D eigenvalue weighted by Gasteiger charge is -2.25. The van der Waals surface area contributed by atoms with Crippen molar-refractivity contribution < 1.29 is 19.5 Å². The number of aliphatic hydroxyl groups excluding tert-OH is 1. The Hall–Kier alpha value is -4.91. The van der Waals surface area contributed by atoms with Crippen molar-refractivity contribution in [2.75, 3.05) is 11.4 Å². The lowest BCUT2D eigenvalue weighted by atomic mass is 9.83. The third-order valence-corrected chi connectivity index (χ3v) is 9.49. The van der Waals surface area contributed by atoms with Crippen LogP contribution >= 0.6 is 11.6 Å². The van der Waals surface area contributed by atoms with Crippen LogP contribution in [0.2, 0.25) is 5.02 Å². The van der Waals surface area contributed by atoms with Crippen molar-refractivity contribution in [3.63, 3.8) is 0 Å². The second-order valence-corrected chi connectivity index (χ2v) is 12.9. The normalized spacial score (nSPS) is 15.4. The Morgan fingerprint density at radius 2 is 1.47 bits per heavy atom. The summed E-state index contributed by atoms with van der Waals surface area (Å²) >= 11 is 6.13. The van der Waals surface area contributed by atoms with Gasteiger partial charge < -0.3 is 10.0 Å². The van der Waals surface area contributed by atoms with E-state index in [1.54, 1.807) is 54.7 Å². The molecule has 0 bridgehead atoms. The minimum atomic E-state index is -1.64. The van der Waals surface area contributed by atoms with E-state index in [4.69, 9.17) is 11.6 Å². The van der Waals surface area contributed by atoms with Crippen LogP contribution in [-0.2, 0) is 5.41 Å². The Morgan fingerprint density at radius 1 is 0.809 bits per heavy atom. The van der Waals surface area contributed by atoms with Crippen LogP contribution in [0.5, 0.6) is 0 Å². The molecule has 6 nitrogen and oxygen atoms in total. The van der Waals surface area contributed by atoms with E-state index in [2.05, 4.69) is 9.88 Å². The van der Waals surface area contributed by atoms with E-state index < -0.39 is 17.3 Å². The summed E-state index contributed by atoms with van der Waals surface area (Å²) in [6.07, 6.45) is 3.75. The highest BCUT2D eigenvalue weighted by atomic mass is 35.5. The van der Waals surface area contributed by atoms with E-state index in [0.29, 0.717) is 29.3 Å². The fourth-order valence-electron chi connectivity index (χ4n) is 6.19. The van der Waals surface area contributed by atoms with Crippen LogP contribution in [0.25, 0.3) is 0 Å². The van der Waals surface area contributed by atoms with Gasteiger partial charge in [-0.1, -0.05) is 84.4 Å². The molecule has 1 unspecified atom stereocenters. The number of carbonyl (C=O) groups excluding carboxylic acids is 3. The molecule has 7 heteroatoms. The van der Waals surface area contributed by atoms with Crippen LogP contribution in [0.3, 0.4) is 0 Å². The van der Waals surface area contributed by atoms with Gasteiger partial charge in [-0.25, -0.2) is 0 Å². The second-order valence-electron chi connectivity index (χ2n) is 12.5. The Labute approximate surface area is 278 Å². The molecule has 0 spiro atoms. The van der Waals surface area contributed by atoms with Crippen LogP contribution in [0.1, 0.15) is 79.7 Å². The average molecular weight is 641 g/mol. The van der Waals surface area contributed by atoms with Crippen molar-refractivity contribution in [1.82, 2.24) is 4.98 Å². The van der Waals surface area contributed by atoms with Crippen LogP contribution in [0.15, 0.2) is 121 Å². The van der Waals surface area contributed by atoms with Crippen molar-refractivity contribution in [1.29, 1.82) is 0 Å². The van der Waals surface area contributed by atoms with Gasteiger partial charge in [-0.15, -0.1) is 0 Å². The third-order valence-electron chi connectivity index (χ3n) is 9.24. The van der Waals surface area contributed by atoms with Gasteiger partial charge in [-0.3, -0.25) is 19.4 Å². The Balaban J connectivity index is 1.22. The van der Waals surface area contributed by atoms with Gasteiger partial charge in [-0.2, -0.15) is 0 Å². The molecule has 7 rings (SSSR count). The Bertz CT molecular complexity index is 1930. The molecule has 2 saturated carbocycles. The summed E-state index contributed by atoms with van der Waals surface area (Å²) in [4.78, 5) is 48.1. The Morgan fingerprint density at radius 3 is 2.09 bits per heavy atom. The molecule has 4 aromatic carbocycles. The maximum Gasteiger partial charge on any atom is 0.211 e. The molecule has 5 aromatic rings. The zero-order chi connectivity index (χ0) is 32.5. The van der Waals surface area contributed by atoms with Gasteiger partial charge in [-0.05, 0) is 85.2 Å². The molecular formula is C40H33ClN2O4. The van der Waals surface area contributed by atoms with E-state index in [1.165, 1.54) is 18.9 Å². The van der Waals surface area contributed by atoms with Gasteiger partial charge in [0, 0.05) is 33.9 Å². The highest BCUT2D eigenvalue weighted by Crippen LogP contribution is 2.51. The van der Waals surface area contributed by atoms with Crippen molar-refractivity contribution >= 4 is 40.3 Å². The standard InChI is InChI=1S/C40H33ClN2O4/c41-30-14-16-31(17-15-30)43(25-26-11-12-26)32-18-20-35(42-24-32)36(44)28-13-19-33(39(47)40(21-22-40)29-9-5-2-6-10-29)34(23-28)38(46)37(45)27-7-3-1-4-8-27/h1-10,13-20,23-24,26,38,46H,11-12,21-22,25H2. The minimum absolute atomic E-state index is 0.117. The molecule has 1 heterocycles. The number of nitrogens with zero attached hydrogens (tertiary/aromatic N) is 2. The van der Waals surface area contributed by atoms with E-state index in [0.717, 1.165) is 23.5 Å². The quantitative estimate of drug-likeness (QED) is 0.138. The number of anilines is 2. The maximum absolute atomic E-state index is 14.2. The number of hydrogen-bond donors (Lipinski definition) is 1. The third kappa shape index (κ3) is 6.27. The summed E-state index contributed by atoms with van der Waals surface area (Å²) in [5.41, 5.74) is 3.15.